The lowest BCUT2D eigenvalue weighted by Crippen LogP contribution is -2.28. The molecule has 8 heteroatoms. The molecule has 1 atom stereocenters. The predicted molar refractivity (Wildman–Crippen MR) is 126 cm³/mol. The van der Waals surface area contributed by atoms with Gasteiger partial charge in [0, 0.05) is 12.1 Å². The van der Waals surface area contributed by atoms with Gasteiger partial charge in [-0.15, -0.1) is 0 Å². The predicted octanol–water partition coefficient (Wildman–Crippen LogP) is 4.70. The van der Waals surface area contributed by atoms with Gasteiger partial charge in [-0.3, -0.25) is 9.52 Å². The topological polar surface area (TPSA) is 84.5 Å². The van der Waals surface area contributed by atoms with Gasteiger partial charge in [0.05, 0.1) is 24.5 Å². The maximum atomic E-state index is 14.3. The fourth-order valence-corrected chi connectivity index (χ4v) is 3.65. The Morgan fingerprint density at radius 2 is 1.84 bits per heavy atom. The molecule has 0 heterocycles. The average molecular weight is 465 g/mol. The maximum absolute atomic E-state index is 14.3. The first-order valence-electron chi connectivity index (χ1n) is 10.6. The van der Waals surface area contributed by atoms with E-state index in [1.807, 2.05) is 25.1 Å². The first-order valence-corrected chi connectivity index (χ1v) is 12.5. The molecule has 0 saturated carbocycles. The van der Waals surface area contributed by atoms with Gasteiger partial charge in [0.25, 0.3) is 0 Å². The van der Waals surface area contributed by atoms with Gasteiger partial charge < -0.3 is 10.1 Å². The summed E-state index contributed by atoms with van der Waals surface area (Å²) in [5.74, 6) is -0.879. The van der Waals surface area contributed by atoms with Crippen LogP contribution in [0.1, 0.15) is 63.6 Å². The van der Waals surface area contributed by atoms with Gasteiger partial charge in [-0.05, 0) is 48.1 Å². The summed E-state index contributed by atoms with van der Waals surface area (Å²) in [6.45, 7) is 11.0. The van der Waals surface area contributed by atoms with E-state index in [2.05, 4.69) is 30.8 Å². The number of halogens is 1. The molecule has 1 unspecified atom stereocenters. The molecular formula is C24H33FN2O4S. The normalized spacial score (nSPS) is 12.8. The van der Waals surface area contributed by atoms with Gasteiger partial charge in [0.2, 0.25) is 15.9 Å². The van der Waals surface area contributed by atoms with Crippen molar-refractivity contribution in [3.8, 4) is 5.75 Å². The fraction of sp³-hybridized carbons (Fsp3) is 0.458. The second-order valence-electron chi connectivity index (χ2n) is 8.97. The van der Waals surface area contributed by atoms with Crippen LogP contribution in [0.5, 0.6) is 5.75 Å². The molecule has 32 heavy (non-hydrogen) atoms. The largest absolute Gasteiger partial charge is 0.493 e. The van der Waals surface area contributed by atoms with Gasteiger partial charge in [-0.25, -0.2) is 12.8 Å². The van der Waals surface area contributed by atoms with Crippen LogP contribution in [-0.4, -0.2) is 27.2 Å². The van der Waals surface area contributed by atoms with Gasteiger partial charge in [0.15, 0.2) is 0 Å². The summed E-state index contributed by atoms with van der Waals surface area (Å²) >= 11 is 0. The number of nitrogens with one attached hydrogen (secondary N) is 2. The third-order valence-corrected chi connectivity index (χ3v) is 5.62. The van der Waals surface area contributed by atoms with Crippen molar-refractivity contribution in [3.05, 3.63) is 58.9 Å². The number of hydrogen-bond donors (Lipinski definition) is 2. The Morgan fingerprint density at radius 1 is 1.16 bits per heavy atom. The summed E-state index contributed by atoms with van der Waals surface area (Å²) < 4.78 is 44.9. The number of rotatable bonds is 9. The number of amides is 1. The van der Waals surface area contributed by atoms with Gasteiger partial charge in [-0.2, -0.15) is 0 Å². The average Bonchev–Trinajstić information content (AvgIpc) is 2.70. The first-order chi connectivity index (χ1) is 14.8. The summed E-state index contributed by atoms with van der Waals surface area (Å²) in [6.07, 6.45) is 1.82. The van der Waals surface area contributed by atoms with Crippen LogP contribution >= 0.6 is 0 Å². The molecule has 0 radical (unpaired) electrons. The van der Waals surface area contributed by atoms with Crippen LogP contribution in [0.15, 0.2) is 36.4 Å². The molecule has 6 nitrogen and oxygen atoms in total. The fourth-order valence-electron chi connectivity index (χ4n) is 3.08. The quantitative estimate of drug-likeness (QED) is 0.563. The number of sulfonamides is 1. The molecule has 0 aliphatic rings. The minimum absolute atomic E-state index is 0.0250. The van der Waals surface area contributed by atoms with Crippen molar-refractivity contribution in [3.63, 3.8) is 0 Å². The molecule has 2 aromatic rings. The molecule has 0 spiro atoms. The van der Waals surface area contributed by atoms with Crippen LogP contribution in [0.2, 0.25) is 0 Å². The molecule has 0 aromatic heterocycles. The van der Waals surface area contributed by atoms with E-state index in [0.29, 0.717) is 12.2 Å². The molecule has 0 fully saturated rings. The van der Waals surface area contributed by atoms with Crippen LogP contribution in [-0.2, 0) is 26.8 Å². The van der Waals surface area contributed by atoms with Crippen LogP contribution < -0.4 is 14.8 Å². The molecule has 0 aliphatic heterocycles. The number of carbonyl (C=O) groups excluding carboxylic acids is 1. The monoisotopic (exact) mass is 464 g/mol. The highest BCUT2D eigenvalue weighted by molar-refractivity contribution is 7.92. The number of carbonyl (C=O) groups is 1. The van der Waals surface area contributed by atoms with E-state index in [-0.39, 0.29) is 23.6 Å². The number of anilines is 1. The third-order valence-electron chi connectivity index (χ3n) is 5.03. The van der Waals surface area contributed by atoms with E-state index in [4.69, 9.17) is 4.74 Å². The SMILES string of the molecule is CCCOc1cc(C(C)(C)C)ccc1CNC(=O)C(C)c1ccc(NS(C)(=O)=O)c(F)c1. The Balaban J connectivity index is 2.13. The number of hydrogen-bond acceptors (Lipinski definition) is 4. The van der Waals surface area contributed by atoms with Crippen molar-refractivity contribution in [2.75, 3.05) is 17.6 Å². The minimum Gasteiger partial charge on any atom is -0.493 e. The van der Waals surface area contributed by atoms with Crippen molar-refractivity contribution in [1.82, 2.24) is 5.32 Å². The first kappa shape index (κ1) is 25.6. The smallest absolute Gasteiger partial charge is 0.229 e. The molecule has 0 saturated heterocycles. The van der Waals surface area contributed by atoms with Crippen molar-refractivity contribution in [2.45, 2.75) is 58.9 Å². The molecule has 2 N–H and O–H groups in total. The molecule has 0 bridgehead atoms. The standard InChI is InChI=1S/C24H33FN2O4S/c1-7-12-31-22-14-19(24(3,4)5)10-8-18(22)15-26-23(28)16(2)17-9-11-21(20(25)13-17)27-32(6,29)30/h8-11,13-14,16,27H,7,12,15H2,1-6H3,(H,26,28). The van der Waals surface area contributed by atoms with Crippen LogP contribution in [0, 0.1) is 5.82 Å². The molecule has 2 rings (SSSR count). The molecule has 2 aromatic carbocycles. The lowest BCUT2D eigenvalue weighted by Gasteiger charge is -2.22. The number of ether oxygens (including phenoxy) is 1. The summed E-state index contributed by atoms with van der Waals surface area (Å²) in [5, 5.41) is 2.89. The summed E-state index contributed by atoms with van der Waals surface area (Å²) in [5.41, 5.74) is 2.28. The Bertz CT molecular complexity index is 1060. The van der Waals surface area contributed by atoms with E-state index in [1.54, 1.807) is 6.92 Å². The molecule has 176 valence electrons. The second-order valence-corrected chi connectivity index (χ2v) is 10.7. The van der Waals surface area contributed by atoms with E-state index in [1.165, 1.54) is 18.2 Å². The Morgan fingerprint density at radius 3 is 2.41 bits per heavy atom. The van der Waals surface area contributed by atoms with Crippen LogP contribution in [0.4, 0.5) is 10.1 Å². The van der Waals surface area contributed by atoms with Crippen LogP contribution in [0.3, 0.4) is 0 Å². The van der Waals surface area contributed by atoms with Gasteiger partial charge >= 0.3 is 0 Å². The highest BCUT2D eigenvalue weighted by atomic mass is 32.2. The Kier molecular flexibility index (Phi) is 8.29. The van der Waals surface area contributed by atoms with E-state index >= 15 is 0 Å². The van der Waals surface area contributed by atoms with Gasteiger partial charge in [0.1, 0.15) is 11.6 Å². The van der Waals surface area contributed by atoms with Gasteiger partial charge in [-0.1, -0.05) is 45.9 Å². The highest BCUT2D eigenvalue weighted by Crippen LogP contribution is 2.29. The Labute approximate surface area is 190 Å². The zero-order chi connectivity index (χ0) is 24.1. The van der Waals surface area contributed by atoms with Crippen molar-refractivity contribution >= 4 is 21.6 Å². The number of benzene rings is 2. The lowest BCUT2D eigenvalue weighted by molar-refractivity contribution is -0.122. The second kappa shape index (κ2) is 10.3. The zero-order valence-electron chi connectivity index (χ0n) is 19.6. The van der Waals surface area contributed by atoms with Crippen molar-refractivity contribution in [1.29, 1.82) is 0 Å². The maximum Gasteiger partial charge on any atom is 0.229 e. The summed E-state index contributed by atoms with van der Waals surface area (Å²) in [7, 11) is -3.59. The van der Waals surface area contributed by atoms with E-state index in [0.717, 1.165) is 29.6 Å². The van der Waals surface area contributed by atoms with Crippen molar-refractivity contribution in [2.24, 2.45) is 0 Å². The Hall–Kier alpha value is -2.61. The van der Waals surface area contributed by atoms with E-state index in [9.17, 15) is 17.6 Å². The molecule has 0 aliphatic carbocycles. The summed E-state index contributed by atoms with van der Waals surface area (Å²) in [4.78, 5) is 12.7. The highest BCUT2D eigenvalue weighted by Gasteiger charge is 2.20. The minimum atomic E-state index is -3.59. The van der Waals surface area contributed by atoms with E-state index < -0.39 is 21.8 Å². The van der Waals surface area contributed by atoms with Crippen molar-refractivity contribution < 1.29 is 22.3 Å². The zero-order valence-corrected chi connectivity index (χ0v) is 20.4. The molecular weight excluding hydrogens is 431 g/mol. The lowest BCUT2D eigenvalue weighted by atomic mass is 9.86. The summed E-state index contributed by atoms with van der Waals surface area (Å²) in [6, 6.07) is 10.0. The third kappa shape index (κ3) is 7.22. The van der Waals surface area contributed by atoms with Crippen LogP contribution in [0.25, 0.3) is 0 Å². The molecule has 1 amide bonds.